The minimum Gasteiger partial charge on any atom is -0.272 e. The summed E-state index contributed by atoms with van der Waals surface area (Å²) in [7, 11) is 0. The molecule has 0 spiro atoms. The fraction of sp³-hybridized carbons (Fsp3) is 0.259. The van der Waals surface area contributed by atoms with E-state index in [1.807, 2.05) is 35.1 Å². The lowest BCUT2D eigenvalue weighted by Gasteiger charge is -2.19. The largest absolute Gasteiger partial charge is 0.272 e. The highest BCUT2D eigenvalue weighted by molar-refractivity contribution is 7.99. The van der Waals surface area contributed by atoms with Crippen LogP contribution in [0.4, 0.5) is 0 Å². The molecule has 2 heterocycles. The average molecular weight is 504 g/mol. The highest BCUT2D eigenvalue weighted by atomic mass is 32.2. The van der Waals surface area contributed by atoms with Crippen LogP contribution in [-0.2, 0) is 10.2 Å². The van der Waals surface area contributed by atoms with Crippen molar-refractivity contribution < 1.29 is 4.79 Å². The van der Waals surface area contributed by atoms with Gasteiger partial charge in [-0.3, -0.25) is 9.36 Å². The maximum absolute atomic E-state index is 12.4. The lowest BCUT2D eigenvalue weighted by Crippen LogP contribution is -2.20. The van der Waals surface area contributed by atoms with Gasteiger partial charge in [-0.15, -0.1) is 21.5 Å². The Hall–Kier alpha value is -3.23. The SMILES string of the molecule is Cc1ccc(-n2c(SCC(=O)NN=Cc3sccc3C)nnc2-c2ccc(C(C)(C)C)cc2)cc1. The molecule has 8 heteroatoms. The number of nitrogens with one attached hydrogen (secondary N) is 1. The molecule has 0 atom stereocenters. The van der Waals surface area contributed by atoms with E-state index in [2.05, 4.69) is 84.8 Å². The zero-order valence-electron chi connectivity index (χ0n) is 20.6. The van der Waals surface area contributed by atoms with E-state index in [-0.39, 0.29) is 17.1 Å². The number of carbonyl (C=O) groups is 1. The predicted octanol–water partition coefficient (Wildman–Crippen LogP) is 6.15. The number of benzene rings is 2. The molecular formula is C27H29N5OS2. The van der Waals surface area contributed by atoms with Crippen LogP contribution in [0.2, 0.25) is 0 Å². The number of hydrogen-bond donors (Lipinski definition) is 1. The highest BCUT2D eigenvalue weighted by Crippen LogP contribution is 2.30. The van der Waals surface area contributed by atoms with E-state index >= 15 is 0 Å². The first kappa shape index (κ1) is 24.9. The summed E-state index contributed by atoms with van der Waals surface area (Å²) in [5.41, 5.74) is 8.16. The lowest BCUT2D eigenvalue weighted by atomic mass is 9.87. The standard InChI is InChI=1S/C27H29N5OS2/c1-18-6-12-22(13-7-18)32-25(20-8-10-21(11-9-20)27(3,4)5)30-31-26(32)35-17-24(33)29-28-16-23-19(2)14-15-34-23/h6-16H,17H2,1-5H3,(H,29,33). The first-order valence-corrected chi connectivity index (χ1v) is 13.2. The molecule has 6 nitrogen and oxygen atoms in total. The smallest absolute Gasteiger partial charge is 0.250 e. The molecular weight excluding hydrogens is 474 g/mol. The Labute approximate surface area is 214 Å². The summed E-state index contributed by atoms with van der Waals surface area (Å²) in [6.45, 7) is 10.7. The molecule has 0 radical (unpaired) electrons. The van der Waals surface area contributed by atoms with Crippen molar-refractivity contribution in [3.63, 3.8) is 0 Å². The Morgan fingerprint density at radius 2 is 1.77 bits per heavy atom. The molecule has 0 saturated heterocycles. The second kappa shape index (κ2) is 10.6. The van der Waals surface area contributed by atoms with Gasteiger partial charge in [-0.25, -0.2) is 5.43 Å². The zero-order chi connectivity index (χ0) is 25.0. The van der Waals surface area contributed by atoms with Gasteiger partial charge in [-0.05, 0) is 54.0 Å². The van der Waals surface area contributed by atoms with Crippen molar-refractivity contribution in [2.75, 3.05) is 5.75 Å². The second-order valence-corrected chi connectivity index (χ2v) is 11.2. The van der Waals surface area contributed by atoms with Gasteiger partial charge in [-0.1, -0.05) is 74.5 Å². The molecule has 4 rings (SSSR count). The minimum absolute atomic E-state index is 0.0716. The first-order valence-electron chi connectivity index (χ1n) is 11.3. The van der Waals surface area contributed by atoms with Crippen LogP contribution in [0.15, 0.2) is 70.2 Å². The molecule has 0 aliphatic heterocycles. The van der Waals surface area contributed by atoms with Crippen molar-refractivity contribution in [1.29, 1.82) is 0 Å². The molecule has 1 amide bonds. The van der Waals surface area contributed by atoms with Crippen molar-refractivity contribution in [2.45, 2.75) is 45.2 Å². The molecule has 35 heavy (non-hydrogen) atoms. The topological polar surface area (TPSA) is 72.2 Å². The third-order valence-corrected chi connectivity index (χ3v) is 7.42. The monoisotopic (exact) mass is 503 g/mol. The maximum Gasteiger partial charge on any atom is 0.250 e. The lowest BCUT2D eigenvalue weighted by molar-refractivity contribution is -0.118. The summed E-state index contributed by atoms with van der Waals surface area (Å²) in [4.78, 5) is 13.5. The molecule has 0 bridgehead atoms. The number of hydrazone groups is 1. The zero-order valence-corrected chi connectivity index (χ0v) is 22.2. The quantitative estimate of drug-likeness (QED) is 0.186. The van der Waals surface area contributed by atoms with Gasteiger partial charge in [0.1, 0.15) is 0 Å². The number of aryl methyl sites for hydroxylation is 2. The number of thioether (sulfide) groups is 1. The highest BCUT2D eigenvalue weighted by Gasteiger charge is 2.19. The van der Waals surface area contributed by atoms with E-state index < -0.39 is 0 Å². The van der Waals surface area contributed by atoms with E-state index in [4.69, 9.17) is 0 Å². The van der Waals surface area contributed by atoms with Crippen LogP contribution in [0.3, 0.4) is 0 Å². The summed E-state index contributed by atoms with van der Waals surface area (Å²) in [5.74, 6) is 0.715. The summed E-state index contributed by atoms with van der Waals surface area (Å²) in [6.07, 6.45) is 1.68. The van der Waals surface area contributed by atoms with Crippen LogP contribution in [0.1, 0.15) is 42.3 Å². The molecule has 0 aliphatic carbocycles. The van der Waals surface area contributed by atoms with Crippen LogP contribution < -0.4 is 5.43 Å². The average Bonchev–Trinajstić information content (AvgIpc) is 3.44. The second-order valence-electron chi connectivity index (χ2n) is 9.35. The van der Waals surface area contributed by atoms with Gasteiger partial charge in [-0.2, -0.15) is 5.10 Å². The number of thiophene rings is 1. The van der Waals surface area contributed by atoms with Crippen molar-refractivity contribution in [3.8, 4) is 17.1 Å². The summed E-state index contributed by atoms with van der Waals surface area (Å²) in [6, 6.07) is 18.7. The van der Waals surface area contributed by atoms with E-state index in [0.29, 0.717) is 5.16 Å². The van der Waals surface area contributed by atoms with Crippen LogP contribution in [0.25, 0.3) is 17.1 Å². The van der Waals surface area contributed by atoms with Gasteiger partial charge in [0.2, 0.25) is 0 Å². The van der Waals surface area contributed by atoms with Crippen LogP contribution in [0, 0.1) is 13.8 Å². The Bertz CT molecular complexity index is 1330. The molecule has 180 valence electrons. The number of amides is 1. The number of hydrogen-bond acceptors (Lipinski definition) is 6. The minimum atomic E-state index is -0.199. The summed E-state index contributed by atoms with van der Waals surface area (Å²) in [5, 5.41) is 15.7. The van der Waals surface area contributed by atoms with Crippen LogP contribution in [-0.4, -0.2) is 32.6 Å². The molecule has 2 aromatic carbocycles. The Morgan fingerprint density at radius 1 is 1.06 bits per heavy atom. The molecule has 4 aromatic rings. The molecule has 0 unspecified atom stereocenters. The van der Waals surface area contributed by atoms with Gasteiger partial charge in [0.05, 0.1) is 12.0 Å². The fourth-order valence-electron chi connectivity index (χ4n) is 3.44. The molecule has 0 saturated carbocycles. The predicted molar refractivity (Wildman–Crippen MR) is 146 cm³/mol. The van der Waals surface area contributed by atoms with Crippen LogP contribution >= 0.6 is 23.1 Å². The number of carbonyl (C=O) groups excluding carboxylic acids is 1. The Balaban J connectivity index is 1.56. The van der Waals surface area contributed by atoms with E-state index in [0.717, 1.165) is 27.5 Å². The summed E-state index contributed by atoms with van der Waals surface area (Å²) >= 11 is 2.92. The third-order valence-electron chi connectivity index (χ3n) is 5.54. The van der Waals surface area contributed by atoms with Gasteiger partial charge in [0.15, 0.2) is 11.0 Å². The van der Waals surface area contributed by atoms with Crippen molar-refractivity contribution in [3.05, 3.63) is 81.5 Å². The number of rotatable bonds is 7. The molecule has 0 aliphatic rings. The molecule has 1 N–H and O–H groups in total. The van der Waals surface area contributed by atoms with Gasteiger partial charge < -0.3 is 0 Å². The fourth-order valence-corrected chi connectivity index (χ4v) is 4.97. The normalized spacial score (nSPS) is 11.8. The van der Waals surface area contributed by atoms with Crippen molar-refractivity contribution in [2.24, 2.45) is 5.10 Å². The van der Waals surface area contributed by atoms with Gasteiger partial charge in [0, 0.05) is 16.1 Å². The number of aromatic nitrogens is 3. The third kappa shape index (κ3) is 6.07. The van der Waals surface area contributed by atoms with Gasteiger partial charge in [0.25, 0.3) is 5.91 Å². The van der Waals surface area contributed by atoms with Gasteiger partial charge >= 0.3 is 0 Å². The van der Waals surface area contributed by atoms with E-state index in [1.165, 1.54) is 22.9 Å². The molecule has 0 fully saturated rings. The van der Waals surface area contributed by atoms with Crippen molar-refractivity contribution >= 4 is 35.2 Å². The van der Waals surface area contributed by atoms with E-state index in [1.54, 1.807) is 17.6 Å². The number of nitrogens with zero attached hydrogens (tertiary/aromatic N) is 4. The van der Waals surface area contributed by atoms with Crippen molar-refractivity contribution in [1.82, 2.24) is 20.2 Å². The molecule has 2 aromatic heterocycles. The van der Waals surface area contributed by atoms with Crippen LogP contribution in [0.5, 0.6) is 0 Å². The van der Waals surface area contributed by atoms with E-state index in [9.17, 15) is 4.79 Å². The first-order chi connectivity index (χ1) is 16.7. The Kier molecular flexibility index (Phi) is 7.52. The maximum atomic E-state index is 12.4. The summed E-state index contributed by atoms with van der Waals surface area (Å²) < 4.78 is 2.00. The Morgan fingerprint density at radius 3 is 2.40 bits per heavy atom.